The van der Waals surface area contributed by atoms with Crippen LogP contribution >= 0.6 is 0 Å². The van der Waals surface area contributed by atoms with E-state index in [4.69, 9.17) is 14.2 Å². The molecule has 1 saturated heterocycles. The second-order valence-corrected chi connectivity index (χ2v) is 4.36. The molecule has 0 aromatic heterocycles. The predicted molar refractivity (Wildman–Crippen MR) is 63.4 cm³/mol. The summed E-state index contributed by atoms with van der Waals surface area (Å²) in [5.74, 6) is -0.432. The van der Waals surface area contributed by atoms with Gasteiger partial charge in [0.1, 0.15) is 0 Å². The average Bonchev–Trinajstić information content (AvgIpc) is 2.25. The molecule has 0 spiro atoms. The molecule has 0 bridgehead atoms. The van der Waals surface area contributed by atoms with Crippen LogP contribution in [-0.2, 0) is 14.2 Å². The second-order valence-electron chi connectivity index (χ2n) is 4.36. The molecule has 1 aliphatic rings. The Kier molecular flexibility index (Phi) is 5.98. The van der Waals surface area contributed by atoms with Gasteiger partial charge in [0, 0.05) is 6.54 Å². The molecular formula is C12H23NO3. The van der Waals surface area contributed by atoms with Gasteiger partial charge < -0.3 is 19.5 Å². The summed E-state index contributed by atoms with van der Waals surface area (Å²) in [6.07, 6.45) is 2.77. The third kappa shape index (κ3) is 5.61. The fourth-order valence-corrected chi connectivity index (χ4v) is 1.41. The van der Waals surface area contributed by atoms with Gasteiger partial charge in [-0.05, 0) is 20.3 Å². The van der Waals surface area contributed by atoms with Crippen molar-refractivity contribution in [2.75, 3.05) is 33.0 Å². The van der Waals surface area contributed by atoms with E-state index in [-0.39, 0.29) is 6.04 Å². The van der Waals surface area contributed by atoms with Crippen molar-refractivity contribution < 1.29 is 14.2 Å². The summed E-state index contributed by atoms with van der Waals surface area (Å²) in [5, 5.41) is 3.34. The van der Waals surface area contributed by atoms with Crippen molar-refractivity contribution in [2.45, 2.75) is 32.1 Å². The minimum atomic E-state index is -0.432. The lowest BCUT2D eigenvalue weighted by molar-refractivity contribution is -0.252. The van der Waals surface area contributed by atoms with E-state index >= 15 is 0 Å². The highest BCUT2D eigenvalue weighted by Gasteiger charge is 2.27. The van der Waals surface area contributed by atoms with E-state index in [9.17, 15) is 0 Å². The maximum absolute atomic E-state index is 5.53. The van der Waals surface area contributed by atoms with Gasteiger partial charge in [-0.25, -0.2) is 0 Å². The Hall–Kier alpha value is -0.420. The van der Waals surface area contributed by atoms with Crippen LogP contribution in [0.2, 0.25) is 0 Å². The predicted octanol–water partition coefficient (Wildman–Crippen LogP) is 1.32. The minimum Gasteiger partial charge on any atom is -0.380 e. The Labute approximate surface area is 97.9 Å². The van der Waals surface area contributed by atoms with Gasteiger partial charge >= 0.3 is 0 Å². The van der Waals surface area contributed by atoms with Crippen LogP contribution in [0.4, 0.5) is 0 Å². The molecule has 1 fully saturated rings. The lowest BCUT2D eigenvalue weighted by atomic mass is 10.2. The van der Waals surface area contributed by atoms with Gasteiger partial charge in [0.2, 0.25) is 0 Å². The van der Waals surface area contributed by atoms with Crippen molar-refractivity contribution >= 4 is 0 Å². The maximum atomic E-state index is 5.53. The zero-order chi connectivity index (χ0) is 11.9. The van der Waals surface area contributed by atoms with E-state index in [0.717, 1.165) is 19.6 Å². The Morgan fingerprint density at radius 3 is 2.69 bits per heavy atom. The Bertz CT molecular complexity index is 196. The fraction of sp³-hybridized carbons (Fsp3) is 0.833. The SMILES string of the molecule is C=CCCOCCNC1COC(C)(C)OC1. The van der Waals surface area contributed by atoms with Crippen LogP contribution in [-0.4, -0.2) is 44.8 Å². The van der Waals surface area contributed by atoms with E-state index in [0.29, 0.717) is 19.8 Å². The molecular weight excluding hydrogens is 206 g/mol. The first-order chi connectivity index (χ1) is 7.64. The highest BCUT2D eigenvalue weighted by Crippen LogP contribution is 2.16. The summed E-state index contributed by atoms with van der Waals surface area (Å²) in [4.78, 5) is 0. The van der Waals surface area contributed by atoms with Gasteiger partial charge in [-0.1, -0.05) is 6.08 Å². The van der Waals surface area contributed by atoms with E-state index in [1.165, 1.54) is 0 Å². The molecule has 0 aliphatic carbocycles. The summed E-state index contributed by atoms with van der Waals surface area (Å²) in [6.45, 7) is 11.2. The van der Waals surface area contributed by atoms with Crippen molar-refractivity contribution in [3.63, 3.8) is 0 Å². The van der Waals surface area contributed by atoms with Crippen LogP contribution in [0.1, 0.15) is 20.3 Å². The Morgan fingerprint density at radius 1 is 1.38 bits per heavy atom. The van der Waals surface area contributed by atoms with Crippen molar-refractivity contribution in [2.24, 2.45) is 0 Å². The Morgan fingerprint density at radius 2 is 2.06 bits per heavy atom. The number of rotatable bonds is 7. The minimum absolute atomic E-state index is 0.274. The van der Waals surface area contributed by atoms with Crippen LogP contribution in [0.15, 0.2) is 12.7 Å². The summed E-state index contributed by atoms with van der Waals surface area (Å²) in [7, 11) is 0. The highest BCUT2D eigenvalue weighted by atomic mass is 16.7. The monoisotopic (exact) mass is 229 g/mol. The number of nitrogens with one attached hydrogen (secondary N) is 1. The molecule has 16 heavy (non-hydrogen) atoms. The molecule has 0 radical (unpaired) electrons. The molecule has 4 nitrogen and oxygen atoms in total. The third-order valence-electron chi connectivity index (χ3n) is 2.41. The van der Waals surface area contributed by atoms with Crippen molar-refractivity contribution in [1.82, 2.24) is 5.32 Å². The van der Waals surface area contributed by atoms with Crippen LogP contribution in [0.3, 0.4) is 0 Å². The third-order valence-corrected chi connectivity index (χ3v) is 2.41. The smallest absolute Gasteiger partial charge is 0.162 e. The van der Waals surface area contributed by atoms with Gasteiger partial charge in [0.05, 0.1) is 32.5 Å². The topological polar surface area (TPSA) is 39.7 Å². The first kappa shape index (κ1) is 13.6. The molecule has 0 aromatic carbocycles. The lowest BCUT2D eigenvalue weighted by Crippen LogP contribution is -2.49. The van der Waals surface area contributed by atoms with Crippen LogP contribution in [0, 0.1) is 0 Å². The fourth-order valence-electron chi connectivity index (χ4n) is 1.41. The molecule has 0 atom stereocenters. The number of hydrogen-bond donors (Lipinski definition) is 1. The molecule has 0 saturated carbocycles. The molecule has 1 rings (SSSR count). The van der Waals surface area contributed by atoms with Crippen LogP contribution in [0.25, 0.3) is 0 Å². The molecule has 1 heterocycles. The molecule has 4 heteroatoms. The van der Waals surface area contributed by atoms with E-state index in [1.807, 2.05) is 19.9 Å². The number of hydrogen-bond acceptors (Lipinski definition) is 4. The molecule has 0 amide bonds. The summed E-state index contributed by atoms with van der Waals surface area (Å²) >= 11 is 0. The first-order valence-electron chi connectivity index (χ1n) is 5.84. The summed E-state index contributed by atoms with van der Waals surface area (Å²) < 4.78 is 16.5. The largest absolute Gasteiger partial charge is 0.380 e. The van der Waals surface area contributed by atoms with E-state index in [1.54, 1.807) is 0 Å². The van der Waals surface area contributed by atoms with Gasteiger partial charge in [0.15, 0.2) is 5.79 Å². The van der Waals surface area contributed by atoms with Gasteiger partial charge in [0.25, 0.3) is 0 Å². The van der Waals surface area contributed by atoms with Crippen molar-refractivity contribution in [3.8, 4) is 0 Å². The van der Waals surface area contributed by atoms with Crippen molar-refractivity contribution in [1.29, 1.82) is 0 Å². The van der Waals surface area contributed by atoms with Gasteiger partial charge in [-0.2, -0.15) is 0 Å². The lowest BCUT2D eigenvalue weighted by Gasteiger charge is -2.35. The summed E-state index contributed by atoms with van der Waals surface area (Å²) in [5.41, 5.74) is 0. The zero-order valence-corrected chi connectivity index (χ0v) is 10.3. The molecule has 0 unspecified atom stereocenters. The standard InChI is InChI=1S/C12H23NO3/c1-4-5-7-14-8-6-13-11-9-15-12(2,3)16-10-11/h4,11,13H,1,5-10H2,2-3H3. The van der Waals surface area contributed by atoms with Gasteiger partial charge in [-0.3, -0.25) is 0 Å². The quantitative estimate of drug-likeness (QED) is 0.528. The zero-order valence-electron chi connectivity index (χ0n) is 10.3. The van der Waals surface area contributed by atoms with E-state index < -0.39 is 5.79 Å². The molecule has 0 aromatic rings. The normalized spacial score (nSPS) is 20.9. The maximum Gasteiger partial charge on any atom is 0.162 e. The molecule has 1 N–H and O–H groups in total. The number of ether oxygens (including phenoxy) is 3. The second kappa shape index (κ2) is 7.01. The molecule has 1 aliphatic heterocycles. The van der Waals surface area contributed by atoms with Crippen LogP contribution < -0.4 is 5.32 Å². The average molecular weight is 229 g/mol. The Balaban J connectivity index is 1.96. The van der Waals surface area contributed by atoms with Crippen LogP contribution in [0.5, 0.6) is 0 Å². The highest BCUT2D eigenvalue weighted by molar-refractivity contribution is 4.72. The summed E-state index contributed by atoms with van der Waals surface area (Å²) in [6, 6.07) is 0.274. The van der Waals surface area contributed by atoms with Gasteiger partial charge in [-0.15, -0.1) is 6.58 Å². The van der Waals surface area contributed by atoms with E-state index in [2.05, 4.69) is 11.9 Å². The molecule has 94 valence electrons. The first-order valence-corrected chi connectivity index (χ1v) is 5.84. The van der Waals surface area contributed by atoms with Crippen molar-refractivity contribution in [3.05, 3.63) is 12.7 Å².